The van der Waals surface area contributed by atoms with Crippen LogP contribution in [0.15, 0.2) is 34.3 Å². The Morgan fingerprint density at radius 1 is 1.38 bits per heavy atom. The molecule has 7 nitrogen and oxygen atoms in total. The van der Waals surface area contributed by atoms with E-state index in [1.54, 1.807) is 12.1 Å². The summed E-state index contributed by atoms with van der Waals surface area (Å²) < 4.78 is 22.9. The molecule has 0 spiro atoms. The topological polar surface area (TPSA) is 95.3 Å². The van der Waals surface area contributed by atoms with Gasteiger partial charge in [0.15, 0.2) is 12.4 Å². The molecule has 0 aromatic carbocycles. The molecule has 0 radical (unpaired) electrons. The average Bonchev–Trinajstić information content (AvgIpc) is 3.00. The summed E-state index contributed by atoms with van der Waals surface area (Å²) in [5.41, 5.74) is 1.09. The van der Waals surface area contributed by atoms with Crippen LogP contribution in [0.5, 0.6) is 0 Å². The van der Waals surface area contributed by atoms with Crippen molar-refractivity contribution in [2.45, 2.75) is 63.9 Å². The van der Waals surface area contributed by atoms with Crippen molar-refractivity contribution >= 4 is 18.2 Å². The molecular formula is C22H24O7. The highest BCUT2D eigenvalue weighted by Gasteiger charge is 2.59. The van der Waals surface area contributed by atoms with Gasteiger partial charge in [-0.1, -0.05) is 18.2 Å². The maximum absolute atomic E-state index is 12.5. The van der Waals surface area contributed by atoms with Crippen LogP contribution in [-0.4, -0.2) is 36.0 Å². The highest BCUT2D eigenvalue weighted by atomic mass is 16.6. The Bertz CT molecular complexity index is 924. The molecule has 0 aliphatic carbocycles. The number of epoxide rings is 1. The first-order chi connectivity index (χ1) is 13.7. The summed E-state index contributed by atoms with van der Waals surface area (Å²) in [5, 5.41) is 0. The summed E-state index contributed by atoms with van der Waals surface area (Å²) in [7, 11) is 0. The van der Waals surface area contributed by atoms with Crippen LogP contribution in [0.4, 0.5) is 0 Å². The Kier molecular flexibility index (Phi) is 4.73. The maximum atomic E-state index is 12.5. The number of carbonyl (C=O) groups is 3. The molecule has 7 heteroatoms. The van der Waals surface area contributed by atoms with Gasteiger partial charge in [-0.15, -0.1) is 0 Å². The summed E-state index contributed by atoms with van der Waals surface area (Å²) in [5.74, 6) is 0.144. The molecule has 4 heterocycles. The number of furan rings is 1. The number of rotatable bonds is 3. The zero-order chi connectivity index (χ0) is 20.9. The van der Waals surface area contributed by atoms with E-state index in [2.05, 4.69) is 6.58 Å². The number of hydrogen-bond acceptors (Lipinski definition) is 7. The summed E-state index contributed by atoms with van der Waals surface area (Å²) in [6.07, 6.45) is 2.06. The largest absolute Gasteiger partial charge is 0.462 e. The van der Waals surface area contributed by atoms with Gasteiger partial charge in [-0.25, -0.2) is 4.79 Å². The summed E-state index contributed by atoms with van der Waals surface area (Å²) >= 11 is 0. The number of allylic oxidation sites excluding steroid dienone is 2. The molecular weight excluding hydrogens is 376 g/mol. The van der Waals surface area contributed by atoms with Crippen molar-refractivity contribution in [2.24, 2.45) is 5.92 Å². The molecule has 5 atom stereocenters. The zero-order valence-electron chi connectivity index (χ0n) is 16.7. The second kappa shape index (κ2) is 6.99. The van der Waals surface area contributed by atoms with E-state index in [9.17, 15) is 14.4 Å². The maximum Gasteiger partial charge on any atom is 0.338 e. The lowest BCUT2D eigenvalue weighted by Gasteiger charge is -2.20. The highest BCUT2D eigenvalue weighted by molar-refractivity contribution is 5.92. The predicted octanol–water partition coefficient (Wildman–Crippen LogP) is 3.23. The second-order valence-electron chi connectivity index (χ2n) is 8.28. The number of aldehydes is 1. The van der Waals surface area contributed by atoms with Crippen molar-refractivity contribution in [3.8, 4) is 0 Å². The number of ether oxygens (including phenoxy) is 3. The van der Waals surface area contributed by atoms with Crippen molar-refractivity contribution in [3.63, 3.8) is 0 Å². The quantitative estimate of drug-likeness (QED) is 0.333. The molecule has 2 fully saturated rings. The second-order valence-corrected chi connectivity index (χ2v) is 8.28. The predicted molar refractivity (Wildman–Crippen MR) is 101 cm³/mol. The van der Waals surface area contributed by atoms with Crippen molar-refractivity contribution < 1.29 is 33.0 Å². The van der Waals surface area contributed by atoms with Crippen LogP contribution >= 0.6 is 0 Å². The SMILES string of the molecule is C=C(C)[C@@H]1CC=C2C(=O)O[C@@H](C[C@@]3(C)O[C@@H]3c3cc(C=O)c(o3)C1)[C@@H]2OC(C)=O. The minimum atomic E-state index is -0.773. The van der Waals surface area contributed by atoms with Crippen LogP contribution in [0.25, 0.3) is 0 Å². The van der Waals surface area contributed by atoms with Crippen LogP contribution in [0.3, 0.4) is 0 Å². The van der Waals surface area contributed by atoms with E-state index < -0.39 is 29.7 Å². The van der Waals surface area contributed by atoms with E-state index in [1.165, 1.54) is 6.92 Å². The molecule has 3 aliphatic rings. The molecule has 2 saturated heterocycles. The van der Waals surface area contributed by atoms with Gasteiger partial charge in [-0.2, -0.15) is 0 Å². The lowest BCUT2D eigenvalue weighted by Crippen LogP contribution is -2.31. The Labute approximate surface area is 168 Å². The van der Waals surface area contributed by atoms with E-state index in [-0.39, 0.29) is 12.0 Å². The first kappa shape index (κ1) is 19.6. The molecule has 3 aliphatic heterocycles. The first-order valence-corrected chi connectivity index (χ1v) is 9.71. The molecule has 1 aromatic heterocycles. The Hall–Kier alpha value is -2.67. The van der Waals surface area contributed by atoms with Crippen molar-refractivity contribution in [3.05, 3.63) is 47.0 Å². The zero-order valence-corrected chi connectivity index (χ0v) is 16.7. The van der Waals surface area contributed by atoms with Gasteiger partial charge in [-0.05, 0) is 32.3 Å². The van der Waals surface area contributed by atoms with Crippen LogP contribution in [-0.2, 0) is 30.2 Å². The van der Waals surface area contributed by atoms with Gasteiger partial charge in [0.2, 0.25) is 0 Å². The number of carbonyl (C=O) groups excluding carboxylic acids is 3. The van der Waals surface area contributed by atoms with Crippen molar-refractivity contribution in [1.82, 2.24) is 0 Å². The highest BCUT2D eigenvalue weighted by Crippen LogP contribution is 2.54. The molecule has 1 aromatic rings. The fourth-order valence-electron chi connectivity index (χ4n) is 4.20. The Morgan fingerprint density at radius 3 is 2.79 bits per heavy atom. The number of hydrogen-bond donors (Lipinski definition) is 0. The lowest BCUT2D eigenvalue weighted by molar-refractivity contribution is -0.151. The van der Waals surface area contributed by atoms with E-state index >= 15 is 0 Å². The van der Waals surface area contributed by atoms with Gasteiger partial charge in [-0.3, -0.25) is 9.59 Å². The third kappa shape index (κ3) is 3.55. The van der Waals surface area contributed by atoms with Crippen LogP contribution in [0.1, 0.15) is 61.6 Å². The molecule has 4 bridgehead atoms. The molecule has 0 N–H and O–H groups in total. The van der Waals surface area contributed by atoms with Crippen molar-refractivity contribution in [1.29, 1.82) is 0 Å². The van der Waals surface area contributed by atoms with Crippen molar-refractivity contribution in [2.75, 3.05) is 0 Å². The molecule has 0 saturated carbocycles. The average molecular weight is 400 g/mol. The fourth-order valence-corrected chi connectivity index (χ4v) is 4.20. The number of esters is 2. The lowest BCUT2D eigenvalue weighted by atomic mass is 9.89. The van der Waals surface area contributed by atoms with Gasteiger partial charge >= 0.3 is 11.9 Å². The monoisotopic (exact) mass is 400 g/mol. The summed E-state index contributed by atoms with van der Waals surface area (Å²) in [4.78, 5) is 35.7. The Balaban J connectivity index is 1.76. The van der Waals surface area contributed by atoms with Crippen LogP contribution in [0.2, 0.25) is 0 Å². The third-order valence-electron chi connectivity index (χ3n) is 5.92. The normalized spacial score (nSPS) is 33.2. The van der Waals surface area contributed by atoms with E-state index in [0.717, 1.165) is 11.9 Å². The van der Waals surface area contributed by atoms with E-state index in [0.29, 0.717) is 41.9 Å². The van der Waals surface area contributed by atoms with Crippen LogP contribution < -0.4 is 0 Å². The van der Waals surface area contributed by atoms with Gasteiger partial charge in [0.05, 0.1) is 11.1 Å². The van der Waals surface area contributed by atoms with Gasteiger partial charge in [0, 0.05) is 19.8 Å². The van der Waals surface area contributed by atoms with Gasteiger partial charge < -0.3 is 18.6 Å². The molecule has 0 unspecified atom stereocenters. The Morgan fingerprint density at radius 2 is 2.14 bits per heavy atom. The minimum Gasteiger partial charge on any atom is -0.462 e. The molecule has 0 amide bonds. The third-order valence-corrected chi connectivity index (χ3v) is 5.92. The molecule has 4 rings (SSSR count). The smallest absolute Gasteiger partial charge is 0.338 e. The number of fused-ring (bicyclic) bond motifs is 6. The fraction of sp³-hybridized carbons (Fsp3) is 0.500. The first-order valence-electron chi connectivity index (χ1n) is 9.71. The molecule has 29 heavy (non-hydrogen) atoms. The van der Waals surface area contributed by atoms with Gasteiger partial charge in [0.25, 0.3) is 0 Å². The summed E-state index contributed by atoms with van der Waals surface area (Å²) in [6, 6.07) is 1.71. The summed E-state index contributed by atoms with van der Waals surface area (Å²) in [6.45, 7) is 9.13. The standard InChI is InChI=1S/C22H24O7/c1-11(2)13-5-6-15-19(26-12(3)24)18(28-21(15)25)9-22(4)20(29-22)17-8-14(10-23)16(7-13)27-17/h6,8,10,13,18-20H,1,5,7,9H2,2-4H3/t13-,18+,19-,20-,22-/m1/s1. The minimum absolute atomic E-state index is 0.0581. The van der Waals surface area contributed by atoms with E-state index in [1.807, 2.05) is 13.8 Å². The van der Waals surface area contributed by atoms with Gasteiger partial charge in [0.1, 0.15) is 29.3 Å². The molecule has 154 valence electrons. The van der Waals surface area contributed by atoms with E-state index in [4.69, 9.17) is 18.6 Å². The van der Waals surface area contributed by atoms with Crippen LogP contribution in [0, 0.1) is 5.92 Å².